The molecule has 2 aromatic carbocycles. The molecule has 0 aliphatic carbocycles. The molecule has 4 nitrogen and oxygen atoms in total. The number of benzene rings is 2. The minimum atomic E-state index is -1.10. The van der Waals surface area contributed by atoms with Crippen molar-refractivity contribution in [3.05, 3.63) is 69.3 Å². The maximum absolute atomic E-state index is 12.5. The van der Waals surface area contributed by atoms with Gasteiger partial charge in [0.25, 0.3) is 5.91 Å². The molecule has 1 atom stereocenters. The second-order valence-corrected chi connectivity index (χ2v) is 6.80. The molecule has 0 fully saturated rings. The zero-order valence-corrected chi connectivity index (χ0v) is 14.7. The van der Waals surface area contributed by atoms with Gasteiger partial charge in [-0.1, -0.05) is 47.5 Å². The van der Waals surface area contributed by atoms with Gasteiger partial charge in [-0.15, -0.1) is 0 Å². The maximum Gasteiger partial charge on any atom is 0.254 e. The standard InChI is InChI=1S/C19H14Cl2N2O2/c1-9-15(12-4-2-3-5-14(12)22-9)17-16(18(24)23-19(17)25)11-7-6-10(20)8-13(11)21/h2-8,19,22,25H,1H3,(H,23,24). The van der Waals surface area contributed by atoms with Gasteiger partial charge in [0.2, 0.25) is 0 Å². The van der Waals surface area contributed by atoms with Crippen molar-refractivity contribution >= 4 is 51.2 Å². The minimum absolute atomic E-state index is 0.363. The fraction of sp³-hybridized carbons (Fsp3) is 0.105. The molecule has 25 heavy (non-hydrogen) atoms. The van der Waals surface area contributed by atoms with Crippen molar-refractivity contribution in [1.82, 2.24) is 10.3 Å². The number of aromatic nitrogens is 1. The lowest BCUT2D eigenvalue weighted by Gasteiger charge is -2.11. The van der Waals surface area contributed by atoms with Gasteiger partial charge >= 0.3 is 0 Å². The highest BCUT2D eigenvalue weighted by molar-refractivity contribution is 6.40. The van der Waals surface area contributed by atoms with Crippen LogP contribution in [0, 0.1) is 6.92 Å². The third-order valence-electron chi connectivity index (χ3n) is 4.40. The number of amides is 1. The van der Waals surface area contributed by atoms with Crippen LogP contribution >= 0.6 is 23.2 Å². The first-order chi connectivity index (χ1) is 12.0. The summed E-state index contributed by atoms with van der Waals surface area (Å²) in [5.74, 6) is -0.364. The Bertz CT molecular complexity index is 1050. The third-order valence-corrected chi connectivity index (χ3v) is 4.95. The number of H-pyrrole nitrogens is 1. The zero-order valence-electron chi connectivity index (χ0n) is 13.2. The van der Waals surface area contributed by atoms with Crippen molar-refractivity contribution in [3.8, 4) is 0 Å². The van der Waals surface area contributed by atoms with Gasteiger partial charge < -0.3 is 15.4 Å². The van der Waals surface area contributed by atoms with E-state index in [1.807, 2.05) is 31.2 Å². The van der Waals surface area contributed by atoms with Gasteiger partial charge in [-0.05, 0) is 25.1 Å². The number of fused-ring (bicyclic) bond motifs is 1. The molecular weight excluding hydrogens is 359 g/mol. The van der Waals surface area contributed by atoms with Crippen LogP contribution in [0.4, 0.5) is 0 Å². The van der Waals surface area contributed by atoms with Crippen molar-refractivity contribution < 1.29 is 9.90 Å². The monoisotopic (exact) mass is 372 g/mol. The predicted octanol–water partition coefficient (Wildman–Crippen LogP) is 4.14. The Morgan fingerprint density at radius 1 is 1.12 bits per heavy atom. The lowest BCUT2D eigenvalue weighted by atomic mass is 9.94. The fourth-order valence-corrected chi connectivity index (χ4v) is 3.88. The number of hydrogen-bond acceptors (Lipinski definition) is 2. The van der Waals surface area contributed by atoms with Crippen LogP contribution in [0.1, 0.15) is 16.8 Å². The highest BCUT2D eigenvalue weighted by Gasteiger charge is 2.35. The molecule has 126 valence electrons. The molecule has 0 saturated heterocycles. The zero-order chi connectivity index (χ0) is 17.7. The van der Waals surface area contributed by atoms with Gasteiger partial charge in [0, 0.05) is 38.3 Å². The minimum Gasteiger partial charge on any atom is -0.369 e. The second-order valence-electron chi connectivity index (χ2n) is 5.96. The molecule has 3 N–H and O–H groups in total. The number of aliphatic hydroxyl groups is 1. The summed E-state index contributed by atoms with van der Waals surface area (Å²) in [6.07, 6.45) is -1.10. The number of aromatic amines is 1. The van der Waals surface area contributed by atoms with Gasteiger partial charge in [0.15, 0.2) is 6.23 Å². The lowest BCUT2D eigenvalue weighted by Crippen LogP contribution is -2.27. The van der Waals surface area contributed by atoms with Crippen molar-refractivity contribution in [2.75, 3.05) is 0 Å². The summed E-state index contributed by atoms with van der Waals surface area (Å²) in [6, 6.07) is 12.7. The Morgan fingerprint density at radius 2 is 1.88 bits per heavy atom. The first-order valence-corrected chi connectivity index (χ1v) is 8.49. The SMILES string of the molecule is Cc1[nH]c2ccccc2c1C1=C(c2ccc(Cl)cc2Cl)C(=O)NC1O. The lowest BCUT2D eigenvalue weighted by molar-refractivity contribution is -0.116. The number of carbonyl (C=O) groups is 1. The van der Waals surface area contributed by atoms with Crippen LogP contribution in [-0.2, 0) is 4.79 Å². The third kappa shape index (κ3) is 2.54. The smallest absolute Gasteiger partial charge is 0.254 e. The number of para-hydroxylation sites is 1. The van der Waals surface area contributed by atoms with E-state index >= 15 is 0 Å². The summed E-state index contributed by atoms with van der Waals surface area (Å²) in [5.41, 5.74) is 4.04. The van der Waals surface area contributed by atoms with E-state index in [0.29, 0.717) is 26.8 Å². The molecule has 1 aliphatic heterocycles. The molecule has 3 aromatic rings. The normalized spacial score (nSPS) is 17.4. The summed E-state index contributed by atoms with van der Waals surface area (Å²) in [7, 11) is 0. The molecule has 1 aromatic heterocycles. The summed E-state index contributed by atoms with van der Waals surface area (Å²) < 4.78 is 0. The van der Waals surface area contributed by atoms with Crippen LogP contribution in [0.3, 0.4) is 0 Å². The van der Waals surface area contributed by atoms with Crippen LogP contribution in [0.15, 0.2) is 42.5 Å². The molecule has 0 saturated carbocycles. The number of hydrogen-bond donors (Lipinski definition) is 3. The molecule has 1 amide bonds. The van der Waals surface area contributed by atoms with Gasteiger partial charge in [-0.25, -0.2) is 0 Å². The van der Waals surface area contributed by atoms with Crippen molar-refractivity contribution in [2.24, 2.45) is 0 Å². The summed E-state index contributed by atoms with van der Waals surface area (Å²) in [5, 5.41) is 14.9. The van der Waals surface area contributed by atoms with Crippen LogP contribution in [-0.4, -0.2) is 22.2 Å². The van der Waals surface area contributed by atoms with Crippen LogP contribution in [0.25, 0.3) is 22.0 Å². The van der Waals surface area contributed by atoms with Gasteiger partial charge in [-0.3, -0.25) is 4.79 Å². The summed E-state index contributed by atoms with van der Waals surface area (Å²) in [4.78, 5) is 15.8. The first-order valence-electron chi connectivity index (χ1n) is 7.73. The van der Waals surface area contributed by atoms with Crippen molar-refractivity contribution in [1.29, 1.82) is 0 Å². The highest BCUT2D eigenvalue weighted by Crippen LogP contribution is 2.40. The van der Waals surface area contributed by atoms with Crippen LogP contribution < -0.4 is 5.32 Å². The van der Waals surface area contributed by atoms with E-state index < -0.39 is 6.23 Å². The predicted molar refractivity (Wildman–Crippen MR) is 100 cm³/mol. The van der Waals surface area contributed by atoms with Crippen molar-refractivity contribution in [2.45, 2.75) is 13.2 Å². The first kappa shape index (κ1) is 16.2. The molecule has 0 spiro atoms. The molecule has 0 radical (unpaired) electrons. The van der Waals surface area contributed by atoms with Crippen LogP contribution in [0.5, 0.6) is 0 Å². The summed E-state index contributed by atoms with van der Waals surface area (Å²) in [6.45, 7) is 1.92. The topological polar surface area (TPSA) is 65.1 Å². The molecular formula is C19H14Cl2N2O2. The second kappa shape index (κ2) is 5.92. The average molecular weight is 373 g/mol. The fourth-order valence-electron chi connectivity index (χ4n) is 3.37. The van der Waals surface area contributed by atoms with Gasteiger partial charge in [-0.2, -0.15) is 0 Å². The largest absolute Gasteiger partial charge is 0.369 e. The number of halogens is 2. The van der Waals surface area contributed by atoms with E-state index in [-0.39, 0.29) is 5.91 Å². The van der Waals surface area contributed by atoms with E-state index in [1.165, 1.54) is 0 Å². The maximum atomic E-state index is 12.5. The van der Waals surface area contributed by atoms with Crippen LogP contribution in [0.2, 0.25) is 10.0 Å². The molecule has 4 rings (SSSR count). The highest BCUT2D eigenvalue weighted by atomic mass is 35.5. The molecule has 6 heteroatoms. The number of carbonyl (C=O) groups excluding carboxylic acids is 1. The number of nitrogens with one attached hydrogen (secondary N) is 2. The van der Waals surface area contributed by atoms with E-state index in [0.717, 1.165) is 22.2 Å². The van der Waals surface area contributed by atoms with E-state index in [1.54, 1.807) is 18.2 Å². The Labute approximate surface area is 154 Å². The van der Waals surface area contributed by atoms with Crippen molar-refractivity contribution in [3.63, 3.8) is 0 Å². The number of aliphatic hydroxyl groups excluding tert-OH is 1. The Morgan fingerprint density at radius 3 is 2.64 bits per heavy atom. The number of rotatable bonds is 2. The number of aryl methyl sites for hydroxylation is 1. The van der Waals surface area contributed by atoms with E-state index in [2.05, 4.69) is 10.3 Å². The Kier molecular flexibility index (Phi) is 3.84. The Hall–Kier alpha value is -2.27. The molecule has 1 unspecified atom stereocenters. The molecule has 1 aliphatic rings. The van der Waals surface area contributed by atoms with E-state index in [9.17, 15) is 9.90 Å². The molecule has 0 bridgehead atoms. The van der Waals surface area contributed by atoms with Gasteiger partial charge in [0.1, 0.15) is 0 Å². The van der Waals surface area contributed by atoms with E-state index in [4.69, 9.17) is 23.2 Å². The Balaban J connectivity index is 2.06. The quantitative estimate of drug-likeness (QED) is 0.632. The summed E-state index contributed by atoms with van der Waals surface area (Å²) >= 11 is 12.3. The molecule has 2 heterocycles. The average Bonchev–Trinajstić information content (AvgIpc) is 3.03. The van der Waals surface area contributed by atoms with Gasteiger partial charge in [0.05, 0.1) is 10.6 Å².